The highest BCUT2D eigenvalue weighted by atomic mass is 32.2. The van der Waals surface area contributed by atoms with Crippen molar-refractivity contribution in [3.63, 3.8) is 0 Å². The Labute approximate surface area is 197 Å². The third-order valence-electron chi connectivity index (χ3n) is 4.83. The van der Waals surface area contributed by atoms with Crippen molar-refractivity contribution in [1.29, 1.82) is 0 Å². The van der Waals surface area contributed by atoms with E-state index in [0.29, 0.717) is 41.3 Å². The van der Waals surface area contributed by atoms with Gasteiger partial charge in [-0.2, -0.15) is 16.9 Å². The number of anilines is 1. The maximum Gasteiger partial charge on any atom is 0.295 e. The molecule has 0 amide bonds. The number of nitrogens with zero attached hydrogens (tertiary/aromatic N) is 5. The molecule has 0 aliphatic rings. The lowest BCUT2D eigenvalue weighted by molar-refractivity contribution is -0.132. The van der Waals surface area contributed by atoms with E-state index in [9.17, 15) is 13.6 Å². The summed E-state index contributed by atoms with van der Waals surface area (Å²) < 4.78 is 40.2. The van der Waals surface area contributed by atoms with E-state index < -0.39 is 12.0 Å². The summed E-state index contributed by atoms with van der Waals surface area (Å²) in [4.78, 5) is 19.1. The van der Waals surface area contributed by atoms with E-state index in [2.05, 4.69) is 25.5 Å². The van der Waals surface area contributed by atoms with Crippen LogP contribution in [0, 0.1) is 11.6 Å². The summed E-state index contributed by atoms with van der Waals surface area (Å²) in [5.74, 6) is -0.413. The summed E-state index contributed by atoms with van der Waals surface area (Å²) in [6.45, 7) is 0.414. The summed E-state index contributed by atoms with van der Waals surface area (Å²) >= 11 is 1.56. The van der Waals surface area contributed by atoms with Gasteiger partial charge in [0.25, 0.3) is 6.47 Å². The van der Waals surface area contributed by atoms with Crippen LogP contribution in [0.3, 0.4) is 0 Å². The van der Waals surface area contributed by atoms with Gasteiger partial charge in [-0.1, -0.05) is 23.4 Å². The number of ether oxygens (including phenoxy) is 1. The quantitative estimate of drug-likeness (QED) is 0.249. The largest absolute Gasteiger partial charge is 0.444 e. The Balaban J connectivity index is 1.68. The molecule has 0 saturated carbocycles. The molecular weight excluding hydrogens is 466 g/mol. The molecule has 0 aliphatic heterocycles. The number of nitrogens with one attached hydrogen (secondary N) is 1. The molecule has 1 aromatic carbocycles. The summed E-state index contributed by atoms with van der Waals surface area (Å²) in [7, 11) is 0. The lowest BCUT2D eigenvalue weighted by atomic mass is 10.2. The molecule has 34 heavy (non-hydrogen) atoms. The Hall–Kier alpha value is -3.80. The molecule has 3 heterocycles. The molecular formula is C22H20F2N6O3S. The minimum Gasteiger partial charge on any atom is -0.444 e. The van der Waals surface area contributed by atoms with Crippen molar-refractivity contribution in [1.82, 2.24) is 24.9 Å². The molecule has 4 rings (SSSR count). The predicted octanol–water partition coefficient (Wildman–Crippen LogP) is 3.99. The van der Waals surface area contributed by atoms with Gasteiger partial charge in [0.1, 0.15) is 23.5 Å². The van der Waals surface area contributed by atoms with Crippen LogP contribution in [0.25, 0.3) is 22.9 Å². The van der Waals surface area contributed by atoms with Gasteiger partial charge < -0.3 is 14.6 Å². The Morgan fingerprint density at radius 2 is 2.09 bits per heavy atom. The molecule has 0 radical (unpaired) electrons. The maximum absolute atomic E-state index is 14.4. The molecule has 12 heteroatoms. The van der Waals surface area contributed by atoms with Crippen LogP contribution in [0.1, 0.15) is 12.0 Å². The average molecular weight is 487 g/mol. The molecule has 0 fully saturated rings. The van der Waals surface area contributed by atoms with Crippen molar-refractivity contribution in [3.8, 4) is 22.9 Å². The highest BCUT2D eigenvalue weighted by molar-refractivity contribution is 7.98. The van der Waals surface area contributed by atoms with Crippen molar-refractivity contribution in [2.45, 2.75) is 19.2 Å². The second-order valence-corrected chi connectivity index (χ2v) is 8.07. The number of rotatable bonds is 11. The van der Waals surface area contributed by atoms with Crippen LogP contribution in [0.15, 0.2) is 53.4 Å². The maximum atomic E-state index is 14.4. The standard InChI is InChI=1S/C22H20F2N6O3S/c1-34-9-7-20(32-13-31)26-21-16(24)11-25-22(27-21)18-10-19(17-6-8-33-29-17)30(28-18)12-14-4-2-3-5-15(14)23/h2-6,8,10-11,13,20H,7,9,12H2,1H3,(H,25,26,27). The number of aromatic nitrogens is 5. The molecule has 1 N–H and O–H groups in total. The number of hydrogen-bond donors (Lipinski definition) is 1. The number of carbonyl (C=O) groups is 1. The number of carbonyl (C=O) groups excluding carboxylic acids is 1. The fraction of sp³-hybridized carbons (Fsp3) is 0.227. The van der Waals surface area contributed by atoms with Crippen LogP contribution in [-0.4, -0.2) is 49.6 Å². The van der Waals surface area contributed by atoms with Crippen molar-refractivity contribution in [3.05, 3.63) is 66.1 Å². The molecule has 0 bridgehead atoms. The van der Waals surface area contributed by atoms with Crippen molar-refractivity contribution in [2.75, 3.05) is 17.3 Å². The van der Waals surface area contributed by atoms with Crippen LogP contribution in [0.5, 0.6) is 0 Å². The zero-order valence-electron chi connectivity index (χ0n) is 18.0. The molecule has 3 aromatic heterocycles. The van der Waals surface area contributed by atoms with E-state index in [1.807, 2.05) is 6.26 Å². The predicted molar refractivity (Wildman–Crippen MR) is 122 cm³/mol. The second kappa shape index (κ2) is 10.9. The zero-order chi connectivity index (χ0) is 23.9. The van der Waals surface area contributed by atoms with Gasteiger partial charge in [-0.05, 0) is 24.1 Å². The van der Waals surface area contributed by atoms with Crippen LogP contribution >= 0.6 is 11.8 Å². The minimum absolute atomic E-state index is 0.116. The van der Waals surface area contributed by atoms with E-state index in [0.717, 1.165) is 6.20 Å². The smallest absolute Gasteiger partial charge is 0.295 e. The topological polar surface area (TPSA) is 108 Å². The summed E-state index contributed by atoms with van der Waals surface area (Å²) in [5, 5.41) is 11.2. The number of thioether (sulfide) groups is 1. The molecule has 0 saturated heterocycles. The molecule has 4 aromatic rings. The van der Waals surface area contributed by atoms with E-state index >= 15 is 0 Å². The highest BCUT2D eigenvalue weighted by Gasteiger charge is 2.19. The Kier molecular flexibility index (Phi) is 7.48. The minimum atomic E-state index is -0.758. The van der Waals surface area contributed by atoms with E-state index in [1.165, 1.54) is 12.3 Å². The van der Waals surface area contributed by atoms with Gasteiger partial charge in [0.15, 0.2) is 23.7 Å². The lowest BCUT2D eigenvalue weighted by Crippen LogP contribution is -2.25. The Bertz CT molecular complexity index is 1250. The first-order chi connectivity index (χ1) is 16.6. The fourth-order valence-electron chi connectivity index (χ4n) is 3.20. The fourth-order valence-corrected chi connectivity index (χ4v) is 3.65. The SMILES string of the molecule is CSCCC(Nc1nc(-c2cc(-c3ccon3)n(Cc3ccccc3F)n2)ncc1F)OC=O. The van der Waals surface area contributed by atoms with Gasteiger partial charge in [0.05, 0.1) is 18.4 Å². The lowest BCUT2D eigenvalue weighted by Gasteiger charge is -2.17. The summed E-state index contributed by atoms with van der Waals surface area (Å²) in [5.41, 5.74) is 1.75. The van der Waals surface area contributed by atoms with Crippen LogP contribution < -0.4 is 5.32 Å². The van der Waals surface area contributed by atoms with E-state index in [1.54, 1.807) is 46.8 Å². The molecule has 1 atom stereocenters. The first kappa shape index (κ1) is 23.4. The molecule has 0 aliphatic carbocycles. The highest BCUT2D eigenvalue weighted by Crippen LogP contribution is 2.26. The molecule has 9 nitrogen and oxygen atoms in total. The second-order valence-electron chi connectivity index (χ2n) is 7.09. The molecule has 0 spiro atoms. The average Bonchev–Trinajstić information content (AvgIpc) is 3.51. The van der Waals surface area contributed by atoms with Crippen LogP contribution in [0.2, 0.25) is 0 Å². The normalized spacial score (nSPS) is 11.9. The third-order valence-corrected chi connectivity index (χ3v) is 5.48. The van der Waals surface area contributed by atoms with Crippen LogP contribution in [0.4, 0.5) is 14.6 Å². The van der Waals surface area contributed by atoms with Crippen molar-refractivity contribution in [2.24, 2.45) is 0 Å². The van der Waals surface area contributed by atoms with E-state index in [4.69, 9.17) is 9.26 Å². The number of halogens is 2. The first-order valence-electron chi connectivity index (χ1n) is 10.2. The molecule has 176 valence electrons. The Morgan fingerprint density at radius 1 is 1.24 bits per heavy atom. The first-order valence-corrected chi connectivity index (χ1v) is 11.6. The van der Waals surface area contributed by atoms with Crippen molar-refractivity contribution < 1.29 is 22.8 Å². The Morgan fingerprint density at radius 3 is 2.82 bits per heavy atom. The van der Waals surface area contributed by atoms with Gasteiger partial charge in [0, 0.05) is 18.1 Å². The third kappa shape index (κ3) is 5.39. The monoisotopic (exact) mass is 486 g/mol. The van der Waals surface area contributed by atoms with Gasteiger partial charge in [-0.15, -0.1) is 0 Å². The summed E-state index contributed by atoms with van der Waals surface area (Å²) in [6.07, 6.45) is 4.01. The van der Waals surface area contributed by atoms with Gasteiger partial charge in [0.2, 0.25) is 0 Å². The molecule has 1 unspecified atom stereocenters. The van der Waals surface area contributed by atoms with Gasteiger partial charge in [-0.3, -0.25) is 9.48 Å². The zero-order valence-corrected chi connectivity index (χ0v) is 18.8. The summed E-state index contributed by atoms with van der Waals surface area (Å²) in [6, 6.07) is 9.65. The van der Waals surface area contributed by atoms with E-state index in [-0.39, 0.29) is 24.0 Å². The van der Waals surface area contributed by atoms with Crippen molar-refractivity contribution >= 4 is 24.1 Å². The number of hydrogen-bond acceptors (Lipinski definition) is 9. The number of benzene rings is 1. The van der Waals surface area contributed by atoms with Gasteiger partial charge >= 0.3 is 0 Å². The van der Waals surface area contributed by atoms with Gasteiger partial charge in [-0.25, -0.2) is 18.7 Å². The van der Waals surface area contributed by atoms with Crippen LogP contribution in [-0.2, 0) is 16.1 Å².